The largest absolute Gasteiger partial charge is 0.478 e. The molecule has 0 aliphatic heterocycles. The van der Waals surface area contributed by atoms with Crippen LogP contribution >= 0.6 is 0 Å². The minimum atomic E-state index is -1.13. The molecule has 0 saturated carbocycles. The Morgan fingerprint density at radius 3 is 2.68 bits per heavy atom. The molecule has 0 spiro atoms. The summed E-state index contributed by atoms with van der Waals surface area (Å²) in [5.74, 6) is -2.31. The van der Waals surface area contributed by atoms with Crippen molar-refractivity contribution >= 4 is 23.1 Å². The molecule has 0 amide bonds. The number of carboxylic acid groups (broad SMARTS) is 1. The average Bonchev–Trinajstić information content (AvgIpc) is 2.64. The van der Waals surface area contributed by atoms with Gasteiger partial charge in [0.15, 0.2) is 5.82 Å². The van der Waals surface area contributed by atoms with Crippen LogP contribution in [0, 0.1) is 11.6 Å². The highest BCUT2D eigenvalue weighted by atomic mass is 19.1. The lowest BCUT2D eigenvalue weighted by Gasteiger charge is -2.10. The Balaban J connectivity index is 2.74. The highest BCUT2D eigenvalue weighted by Gasteiger charge is 2.16. The van der Waals surface area contributed by atoms with Crippen LogP contribution in [0.25, 0.3) is 17.1 Å². The first-order chi connectivity index (χ1) is 8.90. The summed E-state index contributed by atoms with van der Waals surface area (Å²) in [6, 6.07) is 1.83. The molecule has 0 unspecified atom stereocenters. The van der Waals surface area contributed by atoms with Crippen molar-refractivity contribution in [3.05, 3.63) is 35.7 Å². The molecule has 2 aromatic rings. The number of aromatic nitrogens is 2. The summed E-state index contributed by atoms with van der Waals surface area (Å²) < 4.78 is 28.5. The predicted octanol–water partition coefficient (Wildman–Crippen LogP) is 2.99. The lowest BCUT2D eigenvalue weighted by atomic mass is 10.2. The molecule has 1 aromatic carbocycles. The molecule has 0 radical (unpaired) electrons. The van der Waals surface area contributed by atoms with Gasteiger partial charge in [-0.05, 0) is 26.0 Å². The Hall–Kier alpha value is -2.24. The van der Waals surface area contributed by atoms with Crippen LogP contribution in [-0.2, 0) is 4.79 Å². The lowest BCUT2D eigenvalue weighted by molar-refractivity contribution is -0.131. The molecular formula is C13H12F2N2O2. The molecule has 0 aliphatic carbocycles. The van der Waals surface area contributed by atoms with E-state index in [0.29, 0.717) is 5.52 Å². The molecule has 19 heavy (non-hydrogen) atoms. The van der Waals surface area contributed by atoms with E-state index in [-0.39, 0.29) is 17.4 Å². The maximum absolute atomic E-state index is 13.6. The molecule has 0 bridgehead atoms. The van der Waals surface area contributed by atoms with Crippen LogP contribution in [0.5, 0.6) is 0 Å². The molecule has 1 heterocycles. The number of hydrogen-bond acceptors (Lipinski definition) is 2. The smallest absolute Gasteiger partial charge is 0.328 e. The maximum Gasteiger partial charge on any atom is 0.328 e. The number of nitrogens with zero attached hydrogens (tertiary/aromatic N) is 2. The lowest BCUT2D eigenvalue weighted by Crippen LogP contribution is -2.03. The zero-order valence-electron chi connectivity index (χ0n) is 10.4. The molecule has 0 aliphatic rings. The number of aliphatic carboxylic acids is 1. The van der Waals surface area contributed by atoms with Gasteiger partial charge in [-0.25, -0.2) is 18.6 Å². The third-order valence-electron chi connectivity index (χ3n) is 2.63. The van der Waals surface area contributed by atoms with Gasteiger partial charge in [-0.3, -0.25) is 0 Å². The molecule has 0 atom stereocenters. The fraction of sp³-hybridized carbons (Fsp3) is 0.231. The first-order valence-electron chi connectivity index (χ1n) is 5.68. The SMILES string of the molecule is CC(C)n1c(/C=C/C(=O)O)nc2c(F)cc(F)cc21. The maximum atomic E-state index is 13.6. The summed E-state index contributed by atoms with van der Waals surface area (Å²) in [6.45, 7) is 3.64. The molecule has 100 valence electrons. The van der Waals surface area contributed by atoms with E-state index in [0.717, 1.165) is 12.1 Å². The van der Waals surface area contributed by atoms with Crippen LogP contribution in [0.3, 0.4) is 0 Å². The summed E-state index contributed by atoms with van der Waals surface area (Å²) >= 11 is 0. The van der Waals surface area contributed by atoms with Gasteiger partial charge in [-0.1, -0.05) is 0 Å². The quantitative estimate of drug-likeness (QED) is 0.869. The summed E-state index contributed by atoms with van der Waals surface area (Å²) in [5, 5.41) is 8.62. The standard InChI is InChI=1S/C13H12F2N2O2/c1-7(2)17-10-6-8(14)5-9(15)13(10)16-11(17)3-4-12(18)19/h3-7H,1-2H3,(H,18,19)/b4-3+. The van der Waals surface area contributed by atoms with Crippen LogP contribution in [0.1, 0.15) is 25.7 Å². The van der Waals surface area contributed by atoms with Crippen LogP contribution in [0.2, 0.25) is 0 Å². The van der Waals surface area contributed by atoms with Crippen molar-refractivity contribution in [2.24, 2.45) is 0 Å². The molecule has 1 aromatic heterocycles. The van der Waals surface area contributed by atoms with Crippen LogP contribution in [0.15, 0.2) is 18.2 Å². The van der Waals surface area contributed by atoms with E-state index < -0.39 is 17.6 Å². The average molecular weight is 266 g/mol. The van der Waals surface area contributed by atoms with Crippen molar-refractivity contribution in [1.82, 2.24) is 9.55 Å². The van der Waals surface area contributed by atoms with E-state index in [1.807, 2.05) is 13.8 Å². The predicted molar refractivity (Wildman–Crippen MR) is 66.7 cm³/mol. The van der Waals surface area contributed by atoms with Gasteiger partial charge in [0.25, 0.3) is 0 Å². The van der Waals surface area contributed by atoms with E-state index in [1.165, 1.54) is 12.1 Å². The molecule has 6 heteroatoms. The van der Waals surface area contributed by atoms with Crippen molar-refractivity contribution in [2.75, 3.05) is 0 Å². The summed E-state index contributed by atoms with van der Waals surface area (Å²) in [4.78, 5) is 14.5. The van der Waals surface area contributed by atoms with E-state index in [1.54, 1.807) is 4.57 Å². The summed E-state index contributed by atoms with van der Waals surface area (Å²) in [5.41, 5.74) is 0.331. The summed E-state index contributed by atoms with van der Waals surface area (Å²) in [7, 11) is 0. The second kappa shape index (κ2) is 4.79. The third kappa shape index (κ3) is 2.47. The van der Waals surface area contributed by atoms with Gasteiger partial charge in [-0.15, -0.1) is 0 Å². The Labute approximate surface area is 108 Å². The molecule has 1 N–H and O–H groups in total. The molecule has 2 rings (SSSR count). The Morgan fingerprint density at radius 1 is 1.42 bits per heavy atom. The van der Waals surface area contributed by atoms with Gasteiger partial charge in [-0.2, -0.15) is 0 Å². The first-order valence-corrected chi connectivity index (χ1v) is 5.68. The Morgan fingerprint density at radius 2 is 2.11 bits per heavy atom. The normalized spacial score (nSPS) is 11.8. The first kappa shape index (κ1) is 13.2. The summed E-state index contributed by atoms with van der Waals surface area (Å²) in [6.07, 6.45) is 2.17. The number of carbonyl (C=O) groups is 1. The highest BCUT2D eigenvalue weighted by molar-refractivity contribution is 5.86. The van der Waals surface area contributed by atoms with Gasteiger partial charge in [0.1, 0.15) is 17.2 Å². The van der Waals surface area contributed by atoms with Crippen LogP contribution in [-0.4, -0.2) is 20.6 Å². The number of rotatable bonds is 3. The number of carboxylic acids is 1. The fourth-order valence-corrected chi connectivity index (χ4v) is 1.94. The van der Waals surface area contributed by atoms with Crippen molar-refractivity contribution in [3.63, 3.8) is 0 Å². The second-order valence-electron chi connectivity index (χ2n) is 4.36. The second-order valence-corrected chi connectivity index (χ2v) is 4.36. The van der Waals surface area contributed by atoms with Crippen molar-refractivity contribution in [2.45, 2.75) is 19.9 Å². The van der Waals surface area contributed by atoms with Crippen molar-refractivity contribution < 1.29 is 18.7 Å². The monoisotopic (exact) mass is 266 g/mol. The van der Waals surface area contributed by atoms with Gasteiger partial charge in [0.2, 0.25) is 0 Å². The van der Waals surface area contributed by atoms with Crippen molar-refractivity contribution in [3.8, 4) is 0 Å². The van der Waals surface area contributed by atoms with Gasteiger partial charge in [0, 0.05) is 18.2 Å². The number of halogens is 2. The van der Waals surface area contributed by atoms with E-state index in [9.17, 15) is 13.6 Å². The molecule has 0 saturated heterocycles. The van der Waals surface area contributed by atoms with Crippen LogP contribution in [0.4, 0.5) is 8.78 Å². The zero-order chi connectivity index (χ0) is 14.2. The van der Waals surface area contributed by atoms with Crippen LogP contribution < -0.4 is 0 Å². The topological polar surface area (TPSA) is 55.1 Å². The zero-order valence-corrected chi connectivity index (χ0v) is 10.4. The minimum absolute atomic E-state index is 0.0279. The van der Waals surface area contributed by atoms with E-state index >= 15 is 0 Å². The number of benzene rings is 1. The minimum Gasteiger partial charge on any atom is -0.478 e. The van der Waals surface area contributed by atoms with Gasteiger partial charge < -0.3 is 9.67 Å². The molecular weight excluding hydrogens is 254 g/mol. The van der Waals surface area contributed by atoms with E-state index in [2.05, 4.69) is 4.98 Å². The number of hydrogen-bond donors (Lipinski definition) is 1. The Bertz CT molecular complexity index is 675. The molecule has 4 nitrogen and oxygen atoms in total. The number of imidazole rings is 1. The fourth-order valence-electron chi connectivity index (χ4n) is 1.94. The van der Waals surface area contributed by atoms with E-state index in [4.69, 9.17) is 5.11 Å². The van der Waals surface area contributed by atoms with Gasteiger partial charge in [0.05, 0.1) is 5.52 Å². The third-order valence-corrected chi connectivity index (χ3v) is 2.63. The Kier molecular flexibility index (Phi) is 3.33. The molecule has 0 fully saturated rings. The highest BCUT2D eigenvalue weighted by Crippen LogP contribution is 2.25. The van der Waals surface area contributed by atoms with Gasteiger partial charge >= 0.3 is 5.97 Å². The van der Waals surface area contributed by atoms with Crippen molar-refractivity contribution in [1.29, 1.82) is 0 Å². The number of fused-ring (bicyclic) bond motifs is 1.